The number of methoxy groups -OCH3 is 1. The van der Waals surface area contributed by atoms with Crippen molar-refractivity contribution in [2.75, 3.05) is 13.7 Å². The highest BCUT2D eigenvalue weighted by Crippen LogP contribution is 2.28. The van der Waals surface area contributed by atoms with Crippen LogP contribution < -0.4 is 9.47 Å². The van der Waals surface area contributed by atoms with Crippen molar-refractivity contribution < 1.29 is 19.4 Å². The van der Waals surface area contributed by atoms with Crippen molar-refractivity contribution in [1.29, 1.82) is 0 Å². The van der Waals surface area contributed by atoms with Crippen molar-refractivity contribution in [1.82, 2.24) is 9.97 Å². The van der Waals surface area contributed by atoms with Gasteiger partial charge in [0, 0.05) is 0 Å². The molecule has 0 aliphatic rings. The number of imidazole rings is 1. The standard InChI is InChI=1S/C20H16N2O4/c1-3-11-26-16-9-7-13(12-17(16)25-2)8-10-18-21-15-6-4-5-14(20(23)24)19(15)22-18/h1,4-10,12H,11H2,2H3,(H,21,22)(H,23,24). The number of nitrogens with one attached hydrogen (secondary N) is 1. The van der Waals surface area contributed by atoms with Crippen LogP contribution in [0.2, 0.25) is 0 Å². The summed E-state index contributed by atoms with van der Waals surface area (Å²) in [7, 11) is 1.55. The lowest BCUT2D eigenvalue weighted by molar-refractivity contribution is 0.0699. The SMILES string of the molecule is C#CCOc1ccc(C=Cc2nc3cccc(C(=O)O)c3[nH]2)cc1OC. The Hall–Kier alpha value is -3.72. The van der Waals surface area contributed by atoms with Crippen LogP contribution in [0.5, 0.6) is 11.5 Å². The van der Waals surface area contributed by atoms with E-state index in [0.29, 0.717) is 28.4 Å². The van der Waals surface area contributed by atoms with E-state index in [0.717, 1.165) is 5.56 Å². The minimum absolute atomic E-state index is 0.163. The van der Waals surface area contributed by atoms with Gasteiger partial charge in [-0.25, -0.2) is 9.78 Å². The summed E-state index contributed by atoms with van der Waals surface area (Å²) >= 11 is 0. The van der Waals surface area contributed by atoms with Crippen molar-refractivity contribution in [3.63, 3.8) is 0 Å². The van der Waals surface area contributed by atoms with E-state index in [1.165, 1.54) is 6.07 Å². The molecule has 0 unspecified atom stereocenters. The maximum atomic E-state index is 11.3. The Bertz CT molecular complexity index is 1030. The minimum Gasteiger partial charge on any atom is -0.493 e. The first-order valence-corrected chi connectivity index (χ1v) is 7.77. The molecule has 0 aliphatic carbocycles. The van der Waals surface area contributed by atoms with Crippen molar-refractivity contribution in [2.45, 2.75) is 0 Å². The summed E-state index contributed by atoms with van der Waals surface area (Å²) in [6.07, 6.45) is 8.80. The van der Waals surface area contributed by atoms with E-state index in [1.54, 1.807) is 31.4 Å². The number of carboxylic acid groups (broad SMARTS) is 1. The molecule has 130 valence electrons. The first-order valence-electron chi connectivity index (χ1n) is 7.77. The number of aromatic amines is 1. The fourth-order valence-corrected chi connectivity index (χ4v) is 2.51. The summed E-state index contributed by atoms with van der Waals surface area (Å²) in [6, 6.07) is 10.4. The Morgan fingerprint density at radius 2 is 2.15 bits per heavy atom. The number of carboxylic acids is 1. The van der Waals surface area contributed by atoms with E-state index in [2.05, 4.69) is 15.9 Å². The number of fused-ring (bicyclic) bond motifs is 1. The van der Waals surface area contributed by atoms with Crippen LogP contribution in [0.15, 0.2) is 36.4 Å². The molecule has 6 nitrogen and oxygen atoms in total. The van der Waals surface area contributed by atoms with Crippen LogP contribution in [0.25, 0.3) is 23.2 Å². The molecular weight excluding hydrogens is 332 g/mol. The molecule has 0 saturated carbocycles. The number of para-hydroxylation sites is 1. The van der Waals surface area contributed by atoms with E-state index in [9.17, 15) is 9.90 Å². The fourth-order valence-electron chi connectivity index (χ4n) is 2.51. The molecule has 2 N–H and O–H groups in total. The fraction of sp³-hybridized carbons (Fsp3) is 0.100. The number of carbonyl (C=O) groups is 1. The van der Waals surface area contributed by atoms with Crippen LogP contribution in [0.3, 0.4) is 0 Å². The van der Waals surface area contributed by atoms with Crippen LogP contribution in [-0.4, -0.2) is 34.8 Å². The number of terminal acetylenes is 1. The van der Waals surface area contributed by atoms with Crippen LogP contribution in [-0.2, 0) is 0 Å². The molecule has 0 spiro atoms. The number of aromatic nitrogens is 2. The van der Waals surface area contributed by atoms with Gasteiger partial charge in [0.2, 0.25) is 0 Å². The van der Waals surface area contributed by atoms with Gasteiger partial charge in [0.15, 0.2) is 11.5 Å². The molecule has 0 aliphatic heterocycles. The molecule has 1 heterocycles. The second-order valence-electron chi connectivity index (χ2n) is 5.36. The van der Waals surface area contributed by atoms with Gasteiger partial charge in [-0.2, -0.15) is 0 Å². The van der Waals surface area contributed by atoms with Crippen LogP contribution in [0.4, 0.5) is 0 Å². The smallest absolute Gasteiger partial charge is 0.337 e. The Balaban J connectivity index is 1.88. The first-order chi connectivity index (χ1) is 12.6. The zero-order chi connectivity index (χ0) is 18.5. The number of hydrogen-bond acceptors (Lipinski definition) is 4. The zero-order valence-corrected chi connectivity index (χ0v) is 14.0. The molecule has 0 amide bonds. The summed E-state index contributed by atoms with van der Waals surface area (Å²) < 4.78 is 10.7. The third-order valence-electron chi connectivity index (χ3n) is 3.70. The summed E-state index contributed by atoms with van der Waals surface area (Å²) in [6.45, 7) is 0.163. The minimum atomic E-state index is -0.998. The number of nitrogens with zero attached hydrogens (tertiary/aromatic N) is 1. The van der Waals surface area contributed by atoms with Crippen LogP contribution in [0.1, 0.15) is 21.7 Å². The summed E-state index contributed by atoms with van der Waals surface area (Å²) in [5.74, 6) is 3.10. The number of benzene rings is 2. The monoisotopic (exact) mass is 348 g/mol. The maximum absolute atomic E-state index is 11.3. The van der Waals surface area contributed by atoms with Gasteiger partial charge in [-0.3, -0.25) is 0 Å². The van der Waals surface area contributed by atoms with Gasteiger partial charge in [0.25, 0.3) is 0 Å². The van der Waals surface area contributed by atoms with Gasteiger partial charge in [-0.05, 0) is 35.9 Å². The van der Waals surface area contributed by atoms with Crippen molar-refractivity contribution in [3.8, 4) is 23.8 Å². The van der Waals surface area contributed by atoms with Crippen molar-refractivity contribution in [2.24, 2.45) is 0 Å². The predicted molar refractivity (Wildman–Crippen MR) is 99.3 cm³/mol. The summed E-state index contributed by atoms with van der Waals surface area (Å²) in [5.41, 5.74) is 2.15. The highest BCUT2D eigenvalue weighted by Gasteiger charge is 2.11. The van der Waals surface area contributed by atoms with Gasteiger partial charge in [-0.15, -0.1) is 6.42 Å². The van der Waals surface area contributed by atoms with Crippen LogP contribution in [0, 0.1) is 12.3 Å². The zero-order valence-electron chi connectivity index (χ0n) is 14.0. The molecule has 3 rings (SSSR count). The van der Waals surface area contributed by atoms with E-state index >= 15 is 0 Å². The lowest BCUT2D eigenvalue weighted by Gasteiger charge is -2.09. The topological polar surface area (TPSA) is 84.4 Å². The molecule has 0 bridgehead atoms. The van der Waals surface area contributed by atoms with Gasteiger partial charge >= 0.3 is 5.97 Å². The van der Waals surface area contributed by atoms with Gasteiger partial charge in [0.1, 0.15) is 12.4 Å². The molecule has 1 aromatic heterocycles. The molecule has 0 fully saturated rings. The van der Waals surface area contributed by atoms with Gasteiger partial charge < -0.3 is 19.6 Å². The summed E-state index contributed by atoms with van der Waals surface area (Å²) in [5, 5.41) is 9.24. The lowest BCUT2D eigenvalue weighted by atomic mass is 10.2. The number of aromatic carboxylic acids is 1. The molecule has 6 heteroatoms. The number of hydrogen-bond donors (Lipinski definition) is 2. The lowest BCUT2D eigenvalue weighted by Crippen LogP contribution is -1.96. The average molecular weight is 348 g/mol. The van der Waals surface area contributed by atoms with E-state index in [-0.39, 0.29) is 12.2 Å². The Labute approximate surface area is 150 Å². The molecule has 2 aromatic carbocycles. The summed E-state index contributed by atoms with van der Waals surface area (Å²) in [4.78, 5) is 18.7. The van der Waals surface area contributed by atoms with Gasteiger partial charge in [0.05, 0.1) is 23.7 Å². The second kappa shape index (κ2) is 7.45. The van der Waals surface area contributed by atoms with Gasteiger partial charge in [-0.1, -0.05) is 24.1 Å². The highest BCUT2D eigenvalue weighted by atomic mass is 16.5. The average Bonchev–Trinajstić information content (AvgIpc) is 3.07. The second-order valence-corrected chi connectivity index (χ2v) is 5.36. The predicted octanol–water partition coefficient (Wildman–Crippen LogP) is 3.45. The van der Waals surface area contributed by atoms with Crippen molar-refractivity contribution in [3.05, 3.63) is 53.3 Å². The maximum Gasteiger partial charge on any atom is 0.337 e. The van der Waals surface area contributed by atoms with Crippen LogP contribution >= 0.6 is 0 Å². The normalized spacial score (nSPS) is 10.8. The highest BCUT2D eigenvalue weighted by molar-refractivity contribution is 6.01. The molecule has 0 radical (unpaired) electrons. The van der Waals surface area contributed by atoms with E-state index in [4.69, 9.17) is 15.9 Å². The number of H-pyrrole nitrogens is 1. The first kappa shape index (κ1) is 17.1. The Kier molecular flexibility index (Phi) is 4.90. The largest absolute Gasteiger partial charge is 0.493 e. The Morgan fingerprint density at radius 3 is 2.88 bits per heavy atom. The number of rotatable bonds is 6. The Morgan fingerprint density at radius 1 is 1.31 bits per heavy atom. The van der Waals surface area contributed by atoms with E-state index in [1.807, 2.05) is 18.2 Å². The third-order valence-corrected chi connectivity index (χ3v) is 3.70. The van der Waals surface area contributed by atoms with E-state index < -0.39 is 5.97 Å². The molecule has 26 heavy (non-hydrogen) atoms. The molecule has 0 atom stereocenters. The molecule has 3 aromatic rings. The molecule has 0 saturated heterocycles. The third kappa shape index (κ3) is 3.52. The molecular formula is C20H16N2O4. The quantitative estimate of drug-likeness (QED) is 0.667. The van der Waals surface area contributed by atoms with Crippen molar-refractivity contribution >= 4 is 29.2 Å². The number of ether oxygens (including phenoxy) is 2.